The van der Waals surface area contributed by atoms with Gasteiger partial charge in [-0.05, 0) is 18.4 Å². The molecule has 0 spiro atoms. The van der Waals surface area contributed by atoms with Crippen LogP contribution in [0.25, 0.3) is 17.2 Å². The number of methoxy groups -OCH3 is 1. The zero-order chi connectivity index (χ0) is 14.1. The molecule has 0 aliphatic heterocycles. The summed E-state index contributed by atoms with van der Waals surface area (Å²) in [5.74, 6) is 1.97. The smallest absolute Gasteiger partial charge is 0.258 e. The first kappa shape index (κ1) is 12.7. The third kappa shape index (κ3) is 2.14. The number of hydrogen-bond acceptors (Lipinski definition) is 7. The fourth-order valence-corrected chi connectivity index (χ4v) is 2.12. The maximum Gasteiger partial charge on any atom is 0.258 e. The molecular weight excluding hydrogens is 276 g/mol. The summed E-state index contributed by atoms with van der Waals surface area (Å²) in [5, 5.41) is 4.89. The lowest BCUT2D eigenvalue weighted by molar-refractivity contribution is 0.415. The Morgan fingerprint density at radius 3 is 2.85 bits per heavy atom. The van der Waals surface area contributed by atoms with Crippen LogP contribution in [0.15, 0.2) is 29.4 Å². The number of ether oxygens (including phenoxy) is 1. The number of benzene rings is 1. The molecule has 2 heterocycles. The highest BCUT2D eigenvalue weighted by Crippen LogP contribution is 2.22. The molecule has 0 unspecified atom stereocenters. The van der Waals surface area contributed by atoms with Gasteiger partial charge in [-0.25, -0.2) is 0 Å². The quantitative estimate of drug-likeness (QED) is 0.730. The minimum Gasteiger partial charge on any atom is -0.497 e. The maximum atomic E-state index is 5.85. The molecule has 2 N–H and O–H groups in total. The summed E-state index contributed by atoms with van der Waals surface area (Å²) in [5.41, 5.74) is 6.68. The topological polar surface area (TPSA) is 91.2 Å². The summed E-state index contributed by atoms with van der Waals surface area (Å²) in [4.78, 5) is 12.8. The molecule has 0 atom stereocenters. The van der Waals surface area contributed by atoms with Crippen molar-refractivity contribution >= 4 is 23.5 Å². The molecule has 7 nitrogen and oxygen atoms in total. The number of hydrogen-bond donors (Lipinski definition) is 1. The first-order valence-corrected chi connectivity index (χ1v) is 7.02. The van der Waals surface area contributed by atoms with Crippen molar-refractivity contribution in [2.45, 2.75) is 5.16 Å². The third-order valence-corrected chi connectivity index (χ3v) is 3.27. The number of nitrogens with two attached hydrogens (primary N) is 1. The van der Waals surface area contributed by atoms with E-state index in [1.807, 2.05) is 30.5 Å². The summed E-state index contributed by atoms with van der Waals surface area (Å²) >= 11 is 1.41. The van der Waals surface area contributed by atoms with Crippen molar-refractivity contribution in [3.8, 4) is 17.1 Å². The van der Waals surface area contributed by atoms with Crippen molar-refractivity contribution in [1.82, 2.24) is 24.6 Å². The van der Waals surface area contributed by atoms with E-state index in [4.69, 9.17) is 10.5 Å². The second-order valence-corrected chi connectivity index (χ2v) is 4.72. The molecule has 0 amide bonds. The highest BCUT2D eigenvalue weighted by Gasteiger charge is 2.12. The number of anilines is 1. The van der Waals surface area contributed by atoms with E-state index < -0.39 is 0 Å². The Hall–Kier alpha value is -2.35. The van der Waals surface area contributed by atoms with Crippen molar-refractivity contribution in [3.63, 3.8) is 0 Å². The van der Waals surface area contributed by atoms with Gasteiger partial charge in [0.15, 0.2) is 11.0 Å². The number of rotatable bonds is 3. The normalized spacial score (nSPS) is 10.9. The Balaban J connectivity index is 2.14. The third-order valence-electron chi connectivity index (χ3n) is 2.72. The van der Waals surface area contributed by atoms with Gasteiger partial charge in [0.05, 0.1) is 7.11 Å². The summed E-state index contributed by atoms with van der Waals surface area (Å²) in [7, 11) is 1.62. The van der Waals surface area contributed by atoms with Crippen LogP contribution in [0.3, 0.4) is 0 Å². The van der Waals surface area contributed by atoms with Gasteiger partial charge in [0.25, 0.3) is 5.78 Å². The molecule has 0 aliphatic carbocycles. The molecule has 8 heteroatoms. The molecule has 0 fully saturated rings. The summed E-state index contributed by atoms with van der Waals surface area (Å²) in [6.45, 7) is 0. The Morgan fingerprint density at radius 1 is 1.25 bits per heavy atom. The monoisotopic (exact) mass is 288 g/mol. The zero-order valence-electron chi connectivity index (χ0n) is 10.9. The highest BCUT2D eigenvalue weighted by molar-refractivity contribution is 7.98. The summed E-state index contributed by atoms with van der Waals surface area (Å²) in [6, 6.07) is 7.49. The van der Waals surface area contributed by atoms with E-state index in [0.29, 0.717) is 16.8 Å². The van der Waals surface area contributed by atoms with Gasteiger partial charge in [0.2, 0.25) is 5.95 Å². The molecule has 0 bridgehead atoms. The standard InChI is InChI=1S/C12H12N6OS/c1-19-8-5-3-4-7(6-8)9-14-11-16-12(20-2)15-10(13)18(11)17-9/h3-6H,1-2H3,(H2,13,14,15,16,17). The van der Waals surface area contributed by atoms with Crippen LogP contribution in [-0.4, -0.2) is 37.9 Å². The molecule has 3 rings (SSSR count). The lowest BCUT2D eigenvalue weighted by Crippen LogP contribution is -2.04. The van der Waals surface area contributed by atoms with E-state index in [9.17, 15) is 0 Å². The predicted molar refractivity (Wildman–Crippen MR) is 76.8 cm³/mol. The Labute approximate surface area is 119 Å². The fraction of sp³-hybridized carbons (Fsp3) is 0.167. The molecule has 20 heavy (non-hydrogen) atoms. The van der Waals surface area contributed by atoms with E-state index in [1.165, 1.54) is 16.3 Å². The Bertz CT molecular complexity index is 772. The lowest BCUT2D eigenvalue weighted by atomic mass is 10.2. The average Bonchev–Trinajstić information content (AvgIpc) is 2.92. The van der Waals surface area contributed by atoms with E-state index >= 15 is 0 Å². The van der Waals surface area contributed by atoms with Crippen LogP contribution < -0.4 is 10.5 Å². The van der Waals surface area contributed by atoms with Gasteiger partial charge >= 0.3 is 0 Å². The Morgan fingerprint density at radius 2 is 2.10 bits per heavy atom. The molecule has 0 saturated carbocycles. The molecular formula is C12H12N6OS. The SMILES string of the molecule is COc1cccc(-c2nc3nc(SC)nc(N)n3n2)c1. The van der Waals surface area contributed by atoms with Crippen molar-refractivity contribution in [2.75, 3.05) is 19.1 Å². The van der Waals surface area contributed by atoms with Crippen molar-refractivity contribution in [1.29, 1.82) is 0 Å². The zero-order valence-corrected chi connectivity index (χ0v) is 11.8. The van der Waals surface area contributed by atoms with Gasteiger partial charge in [0, 0.05) is 5.56 Å². The summed E-state index contributed by atoms with van der Waals surface area (Å²) in [6.07, 6.45) is 1.88. The number of nitrogens with zero attached hydrogens (tertiary/aromatic N) is 5. The van der Waals surface area contributed by atoms with Gasteiger partial charge in [-0.2, -0.15) is 19.5 Å². The van der Waals surface area contributed by atoms with Crippen LogP contribution in [0.2, 0.25) is 0 Å². The molecule has 0 aliphatic rings. The largest absolute Gasteiger partial charge is 0.497 e. The fourth-order valence-electron chi connectivity index (χ4n) is 1.76. The van der Waals surface area contributed by atoms with Crippen LogP contribution in [0.4, 0.5) is 5.95 Å². The minimum atomic E-state index is 0.265. The van der Waals surface area contributed by atoms with Crippen LogP contribution in [0, 0.1) is 0 Å². The number of fused-ring (bicyclic) bond motifs is 1. The van der Waals surface area contributed by atoms with Gasteiger partial charge in [-0.15, -0.1) is 5.10 Å². The first-order chi connectivity index (χ1) is 9.71. The van der Waals surface area contributed by atoms with Gasteiger partial charge < -0.3 is 10.5 Å². The molecule has 0 radical (unpaired) electrons. The van der Waals surface area contributed by atoms with Crippen molar-refractivity contribution in [2.24, 2.45) is 0 Å². The van der Waals surface area contributed by atoms with E-state index in [1.54, 1.807) is 7.11 Å². The lowest BCUT2D eigenvalue weighted by Gasteiger charge is -2.00. The predicted octanol–water partition coefficient (Wildman–Crippen LogP) is 1.50. The number of nitrogen functional groups attached to an aromatic ring is 1. The molecule has 0 saturated heterocycles. The summed E-state index contributed by atoms with van der Waals surface area (Å²) < 4.78 is 6.62. The second-order valence-electron chi connectivity index (χ2n) is 3.95. The molecule has 1 aromatic carbocycles. The van der Waals surface area contributed by atoms with Crippen LogP contribution >= 0.6 is 11.8 Å². The van der Waals surface area contributed by atoms with Crippen molar-refractivity contribution in [3.05, 3.63) is 24.3 Å². The van der Waals surface area contributed by atoms with Gasteiger partial charge in [0.1, 0.15) is 5.75 Å². The highest BCUT2D eigenvalue weighted by atomic mass is 32.2. The van der Waals surface area contributed by atoms with Gasteiger partial charge in [-0.3, -0.25) is 0 Å². The molecule has 2 aromatic heterocycles. The van der Waals surface area contributed by atoms with Crippen LogP contribution in [0.1, 0.15) is 0 Å². The van der Waals surface area contributed by atoms with Crippen LogP contribution in [0.5, 0.6) is 5.75 Å². The average molecular weight is 288 g/mol. The second kappa shape index (κ2) is 4.97. The number of aromatic nitrogens is 5. The van der Waals surface area contributed by atoms with Crippen molar-refractivity contribution < 1.29 is 4.74 Å². The van der Waals surface area contributed by atoms with Gasteiger partial charge in [-0.1, -0.05) is 23.9 Å². The minimum absolute atomic E-state index is 0.265. The van der Waals surface area contributed by atoms with E-state index in [2.05, 4.69) is 20.1 Å². The number of thioether (sulfide) groups is 1. The van der Waals surface area contributed by atoms with E-state index in [-0.39, 0.29) is 5.95 Å². The Kier molecular flexibility index (Phi) is 3.15. The first-order valence-electron chi connectivity index (χ1n) is 5.80. The maximum absolute atomic E-state index is 5.85. The van der Waals surface area contributed by atoms with E-state index in [0.717, 1.165) is 11.3 Å². The van der Waals surface area contributed by atoms with Crippen LogP contribution in [-0.2, 0) is 0 Å². The molecule has 102 valence electrons. The molecule has 3 aromatic rings.